The molecule has 3 saturated heterocycles. The Morgan fingerprint density at radius 3 is 2.52 bits per heavy atom. The Labute approximate surface area is 145 Å². The van der Waals surface area contributed by atoms with Crippen LogP contribution >= 0.6 is 0 Å². The van der Waals surface area contributed by atoms with E-state index < -0.39 is 17.6 Å². The van der Waals surface area contributed by atoms with Crippen LogP contribution in [0.3, 0.4) is 0 Å². The Morgan fingerprint density at radius 2 is 1.80 bits per heavy atom. The number of piperidine rings is 1. The molecule has 138 valence electrons. The molecule has 5 rings (SSSR count). The number of benzene rings is 1. The molecule has 2 atom stereocenters. The summed E-state index contributed by atoms with van der Waals surface area (Å²) in [6.07, 6.45) is 0.339. The second-order valence-corrected chi connectivity index (χ2v) is 7.96. The van der Waals surface area contributed by atoms with E-state index in [1.165, 1.54) is 31.4 Å². The van der Waals surface area contributed by atoms with E-state index in [4.69, 9.17) is 0 Å². The largest absolute Gasteiger partial charge is 0.419 e. The number of halogens is 4. The van der Waals surface area contributed by atoms with Gasteiger partial charge >= 0.3 is 6.18 Å². The van der Waals surface area contributed by atoms with E-state index in [9.17, 15) is 17.6 Å². The number of hydrogen-bond donors (Lipinski definition) is 0. The SMILES string of the molecule is Fc1c(CN2C[C@@H]3CC[C@H](C2)N(CC2CC2)C3)cccc1C(F)(F)F. The van der Waals surface area contributed by atoms with E-state index in [1.54, 1.807) is 0 Å². The maximum absolute atomic E-state index is 14.3. The second kappa shape index (κ2) is 6.54. The zero-order chi connectivity index (χ0) is 17.6. The first-order valence-electron chi connectivity index (χ1n) is 9.21. The predicted molar refractivity (Wildman–Crippen MR) is 87.5 cm³/mol. The van der Waals surface area contributed by atoms with Crippen molar-refractivity contribution in [3.05, 3.63) is 35.1 Å². The zero-order valence-electron chi connectivity index (χ0n) is 14.2. The van der Waals surface area contributed by atoms with Gasteiger partial charge in [0.15, 0.2) is 0 Å². The highest BCUT2D eigenvalue weighted by atomic mass is 19.4. The molecule has 3 heterocycles. The number of hydrogen-bond acceptors (Lipinski definition) is 2. The lowest BCUT2D eigenvalue weighted by Crippen LogP contribution is -2.44. The topological polar surface area (TPSA) is 6.48 Å². The predicted octanol–water partition coefficient (Wildman–Crippen LogP) is 4.15. The minimum Gasteiger partial charge on any atom is -0.299 e. The highest BCUT2D eigenvalue weighted by Gasteiger charge is 2.38. The summed E-state index contributed by atoms with van der Waals surface area (Å²) in [6.45, 7) is 4.20. The van der Waals surface area contributed by atoms with Crippen LogP contribution < -0.4 is 0 Å². The van der Waals surface area contributed by atoms with Gasteiger partial charge in [-0.1, -0.05) is 12.1 Å². The maximum atomic E-state index is 14.3. The summed E-state index contributed by atoms with van der Waals surface area (Å²) < 4.78 is 53.1. The summed E-state index contributed by atoms with van der Waals surface area (Å²) in [7, 11) is 0. The molecule has 0 unspecified atom stereocenters. The average Bonchev–Trinajstić information content (AvgIpc) is 3.36. The smallest absolute Gasteiger partial charge is 0.299 e. The van der Waals surface area contributed by atoms with E-state index in [0.717, 1.165) is 44.6 Å². The molecule has 0 aromatic heterocycles. The molecule has 0 radical (unpaired) electrons. The maximum Gasteiger partial charge on any atom is 0.419 e. The molecule has 1 aliphatic carbocycles. The molecule has 3 aliphatic heterocycles. The number of fused-ring (bicyclic) bond motifs is 4. The van der Waals surface area contributed by atoms with Crippen molar-refractivity contribution in [3.63, 3.8) is 0 Å². The van der Waals surface area contributed by atoms with Crippen molar-refractivity contribution >= 4 is 0 Å². The van der Waals surface area contributed by atoms with Crippen LogP contribution in [0.25, 0.3) is 0 Å². The lowest BCUT2D eigenvalue weighted by molar-refractivity contribution is -0.140. The molecule has 6 heteroatoms. The molecule has 4 fully saturated rings. The average molecular weight is 356 g/mol. The van der Waals surface area contributed by atoms with Crippen molar-refractivity contribution in [3.8, 4) is 0 Å². The third kappa shape index (κ3) is 3.85. The fourth-order valence-corrected chi connectivity index (χ4v) is 4.42. The zero-order valence-corrected chi connectivity index (χ0v) is 14.2. The number of alkyl halides is 3. The van der Waals surface area contributed by atoms with Crippen LogP contribution in [0.2, 0.25) is 0 Å². The lowest BCUT2D eigenvalue weighted by atomic mass is 9.95. The van der Waals surface area contributed by atoms with Crippen LogP contribution in [0.1, 0.15) is 36.8 Å². The monoisotopic (exact) mass is 356 g/mol. The van der Waals surface area contributed by atoms with Crippen LogP contribution in [0.15, 0.2) is 18.2 Å². The fourth-order valence-electron chi connectivity index (χ4n) is 4.42. The molecular formula is C19H24F4N2. The van der Waals surface area contributed by atoms with Gasteiger partial charge in [0.1, 0.15) is 5.82 Å². The fraction of sp³-hybridized carbons (Fsp3) is 0.684. The molecule has 0 N–H and O–H groups in total. The van der Waals surface area contributed by atoms with Gasteiger partial charge in [-0.15, -0.1) is 0 Å². The van der Waals surface area contributed by atoms with E-state index in [0.29, 0.717) is 12.0 Å². The van der Waals surface area contributed by atoms with Gasteiger partial charge in [-0.3, -0.25) is 9.80 Å². The van der Waals surface area contributed by atoms with E-state index in [1.807, 2.05) is 0 Å². The van der Waals surface area contributed by atoms with Crippen molar-refractivity contribution in [2.75, 3.05) is 26.2 Å². The minimum absolute atomic E-state index is 0.157. The van der Waals surface area contributed by atoms with Gasteiger partial charge in [0, 0.05) is 44.3 Å². The standard InChI is InChI=1S/C19H24F4N2/c20-18-15(2-1-3-17(18)19(21,22)23)11-24-8-14-6-7-16(12-24)25(10-14)9-13-4-5-13/h1-3,13-14,16H,4-12H2/t14-,16+/m0/s1. The molecule has 2 nitrogen and oxygen atoms in total. The van der Waals surface area contributed by atoms with Crippen LogP contribution in [-0.4, -0.2) is 42.0 Å². The quantitative estimate of drug-likeness (QED) is 0.748. The summed E-state index contributed by atoms with van der Waals surface area (Å²) in [6, 6.07) is 4.09. The second-order valence-electron chi connectivity index (χ2n) is 7.96. The Hall–Kier alpha value is -1.14. The van der Waals surface area contributed by atoms with Gasteiger partial charge in [-0.05, 0) is 43.6 Å². The van der Waals surface area contributed by atoms with Gasteiger partial charge < -0.3 is 0 Å². The molecule has 0 spiro atoms. The molecule has 4 aliphatic rings. The van der Waals surface area contributed by atoms with Crippen molar-refractivity contribution in [1.29, 1.82) is 0 Å². The summed E-state index contributed by atoms with van der Waals surface area (Å²) in [5.74, 6) is 0.279. The van der Waals surface area contributed by atoms with Crippen molar-refractivity contribution in [2.24, 2.45) is 11.8 Å². The lowest BCUT2D eigenvalue weighted by Gasteiger charge is -2.36. The minimum atomic E-state index is -4.64. The van der Waals surface area contributed by atoms with Crippen molar-refractivity contribution in [1.82, 2.24) is 9.80 Å². The summed E-state index contributed by atoms with van der Waals surface area (Å²) in [5, 5.41) is 0. The van der Waals surface area contributed by atoms with Gasteiger partial charge in [-0.25, -0.2) is 4.39 Å². The first kappa shape index (κ1) is 17.3. The van der Waals surface area contributed by atoms with Crippen molar-refractivity contribution < 1.29 is 17.6 Å². The first-order chi connectivity index (χ1) is 11.9. The van der Waals surface area contributed by atoms with Gasteiger partial charge in [0.05, 0.1) is 5.56 Å². The van der Waals surface area contributed by atoms with E-state index in [-0.39, 0.29) is 12.1 Å². The molecular weight excluding hydrogens is 332 g/mol. The molecule has 1 saturated carbocycles. The number of rotatable bonds is 4. The Bertz CT molecular complexity index is 626. The van der Waals surface area contributed by atoms with E-state index in [2.05, 4.69) is 9.80 Å². The third-order valence-electron chi connectivity index (χ3n) is 5.87. The van der Waals surface area contributed by atoms with Crippen LogP contribution in [0.4, 0.5) is 17.6 Å². The summed E-state index contributed by atoms with van der Waals surface area (Å²) >= 11 is 0. The molecule has 25 heavy (non-hydrogen) atoms. The van der Waals surface area contributed by atoms with Crippen molar-refractivity contribution in [2.45, 2.75) is 44.4 Å². The molecule has 1 aromatic rings. The van der Waals surface area contributed by atoms with Gasteiger partial charge in [-0.2, -0.15) is 13.2 Å². The van der Waals surface area contributed by atoms with E-state index >= 15 is 0 Å². The Morgan fingerprint density at radius 1 is 1.00 bits per heavy atom. The first-order valence-corrected chi connectivity index (χ1v) is 9.21. The van der Waals surface area contributed by atoms with Gasteiger partial charge in [0.25, 0.3) is 0 Å². The third-order valence-corrected chi connectivity index (χ3v) is 5.87. The summed E-state index contributed by atoms with van der Waals surface area (Å²) in [5.41, 5.74) is -0.997. The molecule has 2 bridgehead atoms. The van der Waals surface area contributed by atoms with Gasteiger partial charge in [0.2, 0.25) is 0 Å². The van der Waals surface area contributed by atoms with Crippen LogP contribution in [0.5, 0.6) is 0 Å². The van der Waals surface area contributed by atoms with Crippen LogP contribution in [-0.2, 0) is 12.7 Å². The number of nitrogens with zero attached hydrogens (tertiary/aromatic N) is 2. The molecule has 0 amide bonds. The highest BCUT2D eigenvalue weighted by Crippen LogP contribution is 2.36. The van der Waals surface area contributed by atoms with Crippen LogP contribution in [0, 0.1) is 17.7 Å². The Kier molecular flexibility index (Phi) is 4.52. The normalized spacial score (nSPS) is 28.3. The molecule has 1 aromatic carbocycles. The summed E-state index contributed by atoms with van der Waals surface area (Å²) in [4.78, 5) is 4.74. The Balaban J connectivity index is 1.48. The highest BCUT2D eigenvalue weighted by molar-refractivity contribution is 5.28.